The number of nitrogens with one attached hydrogen (secondary N) is 1. The Hall–Kier alpha value is -3.29. The first-order valence-electron chi connectivity index (χ1n) is 6.81. The van der Waals surface area contributed by atoms with Crippen molar-refractivity contribution in [3.05, 3.63) is 57.9 Å². The number of aryl methyl sites for hydroxylation is 2. The fourth-order valence-corrected chi connectivity index (χ4v) is 2.43. The van der Waals surface area contributed by atoms with Crippen LogP contribution in [0.2, 0.25) is 0 Å². The summed E-state index contributed by atoms with van der Waals surface area (Å²) in [5.74, 6) is -0.545. The van der Waals surface area contributed by atoms with Crippen molar-refractivity contribution in [2.24, 2.45) is 7.05 Å². The summed E-state index contributed by atoms with van der Waals surface area (Å²) in [7, 11) is 1.74. The molecule has 3 aromatic rings. The summed E-state index contributed by atoms with van der Waals surface area (Å²) in [6, 6.07) is 6.27. The van der Waals surface area contributed by atoms with E-state index in [0.29, 0.717) is 22.3 Å². The lowest BCUT2D eigenvalue weighted by Crippen LogP contribution is -2.14. The molecule has 0 unspecified atom stereocenters. The van der Waals surface area contributed by atoms with Crippen molar-refractivity contribution >= 4 is 28.3 Å². The monoisotopic (exact) mass is 311 g/mol. The van der Waals surface area contributed by atoms with Crippen molar-refractivity contribution in [1.82, 2.24) is 14.8 Å². The first kappa shape index (κ1) is 14.6. The van der Waals surface area contributed by atoms with Gasteiger partial charge < -0.3 is 5.32 Å². The molecule has 0 radical (unpaired) electrons. The van der Waals surface area contributed by atoms with Crippen molar-refractivity contribution < 1.29 is 9.72 Å². The number of carbonyl (C=O) groups is 1. The highest BCUT2D eigenvalue weighted by Crippen LogP contribution is 2.26. The number of aromatic nitrogens is 3. The molecule has 1 aromatic carbocycles. The van der Waals surface area contributed by atoms with E-state index < -0.39 is 10.8 Å². The number of nitrogens with zero attached hydrogens (tertiary/aromatic N) is 4. The average Bonchev–Trinajstić information content (AvgIpc) is 2.89. The third-order valence-electron chi connectivity index (χ3n) is 3.55. The van der Waals surface area contributed by atoms with Crippen LogP contribution >= 0.6 is 0 Å². The van der Waals surface area contributed by atoms with Gasteiger partial charge in [0.2, 0.25) is 0 Å². The molecule has 2 aromatic heterocycles. The summed E-state index contributed by atoms with van der Waals surface area (Å²) >= 11 is 0. The van der Waals surface area contributed by atoms with Crippen molar-refractivity contribution in [1.29, 1.82) is 0 Å². The van der Waals surface area contributed by atoms with Crippen molar-refractivity contribution in [2.45, 2.75) is 6.92 Å². The van der Waals surface area contributed by atoms with Gasteiger partial charge in [-0.25, -0.2) is 4.98 Å². The Bertz CT molecular complexity index is 932. The van der Waals surface area contributed by atoms with E-state index >= 15 is 0 Å². The maximum atomic E-state index is 12.5. The number of hydrogen-bond acceptors (Lipinski definition) is 5. The lowest BCUT2D eigenvalue weighted by molar-refractivity contribution is -0.385. The number of carbonyl (C=O) groups excluding carboxylic acids is 1. The maximum Gasteiger partial charge on any atom is 0.285 e. The van der Waals surface area contributed by atoms with Crippen LogP contribution in [0.1, 0.15) is 15.9 Å². The Labute approximate surface area is 130 Å². The first-order valence-corrected chi connectivity index (χ1v) is 6.81. The molecular weight excluding hydrogens is 298 g/mol. The van der Waals surface area contributed by atoms with Crippen LogP contribution in [0.25, 0.3) is 11.0 Å². The van der Waals surface area contributed by atoms with Gasteiger partial charge in [0.1, 0.15) is 5.56 Å². The molecule has 1 amide bonds. The second-order valence-corrected chi connectivity index (χ2v) is 5.05. The molecule has 0 bridgehead atoms. The van der Waals surface area contributed by atoms with E-state index in [1.54, 1.807) is 49.2 Å². The zero-order valence-electron chi connectivity index (χ0n) is 12.5. The quantitative estimate of drug-likeness (QED) is 0.591. The third kappa shape index (κ3) is 2.50. The van der Waals surface area contributed by atoms with E-state index in [4.69, 9.17) is 0 Å². The Morgan fingerprint density at radius 1 is 1.35 bits per heavy atom. The van der Waals surface area contributed by atoms with Crippen molar-refractivity contribution in [3.8, 4) is 0 Å². The smallest absolute Gasteiger partial charge is 0.285 e. The molecule has 0 aliphatic heterocycles. The number of nitro benzene ring substituents is 1. The second-order valence-electron chi connectivity index (χ2n) is 5.05. The number of para-hydroxylation sites is 1. The molecule has 3 rings (SSSR count). The SMILES string of the molecule is Cc1cccc(C(=O)Nc2ccnc3c2cnn3C)c1[N+](=O)[O-]. The van der Waals surface area contributed by atoms with Crippen molar-refractivity contribution in [3.63, 3.8) is 0 Å². The van der Waals surface area contributed by atoms with Gasteiger partial charge in [-0.05, 0) is 19.1 Å². The van der Waals surface area contributed by atoms with Crippen molar-refractivity contribution in [2.75, 3.05) is 5.32 Å². The van der Waals surface area contributed by atoms with Gasteiger partial charge in [0.25, 0.3) is 11.6 Å². The highest BCUT2D eigenvalue weighted by atomic mass is 16.6. The zero-order chi connectivity index (χ0) is 16.6. The molecule has 8 heteroatoms. The molecule has 0 aliphatic rings. The van der Waals surface area contributed by atoms with Crippen LogP contribution in [0.4, 0.5) is 11.4 Å². The number of benzene rings is 1. The highest BCUT2D eigenvalue weighted by Gasteiger charge is 2.23. The standard InChI is InChI=1S/C15H13N5O3/c1-9-4-3-5-10(13(9)20(22)23)15(21)18-12-6-7-16-14-11(12)8-17-19(14)2/h3-8H,1-2H3,(H,16,18,21). The van der Waals surface area contributed by atoms with Crippen LogP contribution in [-0.2, 0) is 7.05 Å². The average molecular weight is 311 g/mol. The zero-order valence-corrected chi connectivity index (χ0v) is 12.5. The normalized spacial score (nSPS) is 10.7. The molecule has 0 saturated heterocycles. The van der Waals surface area contributed by atoms with Gasteiger partial charge in [0.05, 0.1) is 22.2 Å². The van der Waals surface area contributed by atoms with E-state index in [9.17, 15) is 14.9 Å². The van der Waals surface area contributed by atoms with E-state index in [2.05, 4.69) is 15.4 Å². The number of rotatable bonds is 3. The number of amides is 1. The van der Waals surface area contributed by atoms with Gasteiger partial charge in [-0.2, -0.15) is 5.10 Å². The summed E-state index contributed by atoms with van der Waals surface area (Å²) in [5, 5.41) is 18.7. The van der Waals surface area contributed by atoms with Crippen LogP contribution in [0.5, 0.6) is 0 Å². The Kier molecular flexibility index (Phi) is 3.49. The summed E-state index contributed by atoms with van der Waals surface area (Å²) in [4.78, 5) is 27.3. The Balaban J connectivity index is 2.02. The molecule has 0 saturated carbocycles. The second kappa shape index (κ2) is 5.48. The number of nitro groups is 1. The topological polar surface area (TPSA) is 103 Å². The molecule has 8 nitrogen and oxygen atoms in total. The minimum Gasteiger partial charge on any atom is -0.321 e. The lowest BCUT2D eigenvalue weighted by atomic mass is 10.1. The molecule has 116 valence electrons. The molecule has 2 heterocycles. The summed E-state index contributed by atoms with van der Waals surface area (Å²) in [6.45, 7) is 1.60. The first-order chi connectivity index (χ1) is 11.0. The molecular formula is C15H13N5O3. The van der Waals surface area contributed by atoms with Gasteiger partial charge in [-0.1, -0.05) is 12.1 Å². The fourth-order valence-electron chi connectivity index (χ4n) is 2.43. The molecule has 0 fully saturated rings. The predicted molar refractivity (Wildman–Crippen MR) is 84.3 cm³/mol. The van der Waals surface area contributed by atoms with Gasteiger partial charge >= 0.3 is 0 Å². The van der Waals surface area contributed by atoms with E-state index in [1.807, 2.05) is 0 Å². The molecule has 0 spiro atoms. The maximum absolute atomic E-state index is 12.5. The minimum atomic E-state index is -0.545. The number of hydrogen-bond donors (Lipinski definition) is 1. The van der Waals surface area contributed by atoms with E-state index in [-0.39, 0.29) is 11.3 Å². The molecule has 0 atom stereocenters. The molecule has 0 aliphatic carbocycles. The van der Waals surface area contributed by atoms with Crippen LogP contribution in [-0.4, -0.2) is 25.6 Å². The minimum absolute atomic E-state index is 0.0175. The predicted octanol–water partition coefficient (Wildman–Crippen LogP) is 2.44. The number of anilines is 1. The number of fused-ring (bicyclic) bond motifs is 1. The fraction of sp³-hybridized carbons (Fsp3) is 0.133. The van der Waals surface area contributed by atoms with Crippen LogP contribution in [0.3, 0.4) is 0 Å². The largest absolute Gasteiger partial charge is 0.321 e. The third-order valence-corrected chi connectivity index (χ3v) is 3.55. The van der Waals surface area contributed by atoms with Crippen LogP contribution in [0, 0.1) is 17.0 Å². The van der Waals surface area contributed by atoms with Crippen LogP contribution in [0.15, 0.2) is 36.7 Å². The molecule has 23 heavy (non-hydrogen) atoms. The van der Waals surface area contributed by atoms with Gasteiger partial charge in [-0.3, -0.25) is 19.6 Å². The summed E-state index contributed by atoms with van der Waals surface area (Å²) in [6.07, 6.45) is 3.13. The summed E-state index contributed by atoms with van der Waals surface area (Å²) < 4.78 is 1.58. The van der Waals surface area contributed by atoms with Gasteiger partial charge in [0, 0.05) is 18.8 Å². The Morgan fingerprint density at radius 2 is 2.13 bits per heavy atom. The van der Waals surface area contributed by atoms with E-state index in [0.717, 1.165) is 0 Å². The van der Waals surface area contributed by atoms with E-state index in [1.165, 1.54) is 6.07 Å². The lowest BCUT2D eigenvalue weighted by Gasteiger charge is -2.08. The van der Waals surface area contributed by atoms with Gasteiger partial charge in [-0.15, -0.1) is 0 Å². The number of pyridine rings is 1. The van der Waals surface area contributed by atoms with Gasteiger partial charge in [0.15, 0.2) is 5.65 Å². The Morgan fingerprint density at radius 3 is 2.87 bits per heavy atom. The molecule has 1 N–H and O–H groups in total. The summed E-state index contributed by atoms with van der Waals surface area (Å²) in [5.41, 5.74) is 1.37. The highest BCUT2D eigenvalue weighted by molar-refractivity contribution is 6.10. The van der Waals surface area contributed by atoms with Crippen LogP contribution < -0.4 is 5.32 Å².